The molecule has 0 nitrogen and oxygen atoms in total. The second-order valence-electron chi connectivity index (χ2n) is 5.09. The molecule has 2 rings (SSSR count). The second kappa shape index (κ2) is 3.52. The van der Waals surface area contributed by atoms with Crippen LogP contribution in [0.2, 0.25) is 0 Å². The van der Waals surface area contributed by atoms with Crippen LogP contribution in [0.25, 0.3) is 0 Å². The monoisotopic (exact) mass is 200 g/mol. The van der Waals surface area contributed by atoms with Crippen molar-refractivity contribution in [1.82, 2.24) is 0 Å². The summed E-state index contributed by atoms with van der Waals surface area (Å²) in [5, 5.41) is 0. The maximum Gasteiger partial charge on any atom is -0.00322 e. The van der Waals surface area contributed by atoms with Crippen LogP contribution in [0.15, 0.2) is 36.9 Å². The minimum absolute atomic E-state index is 0.249. The molecule has 0 bridgehead atoms. The summed E-state index contributed by atoms with van der Waals surface area (Å²) in [5.41, 5.74) is 3.30. The van der Waals surface area contributed by atoms with Crippen molar-refractivity contribution < 1.29 is 0 Å². The molecule has 80 valence electrons. The zero-order valence-corrected chi connectivity index (χ0v) is 9.96. The maximum absolute atomic E-state index is 4.02. The zero-order chi connectivity index (χ0) is 11.1. The van der Waals surface area contributed by atoms with Crippen LogP contribution >= 0.6 is 0 Å². The van der Waals surface area contributed by atoms with E-state index in [-0.39, 0.29) is 5.41 Å². The largest absolute Gasteiger partial charge is 0.103 e. The van der Waals surface area contributed by atoms with Gasteiger partial charge >= 0.3 is 0 Å². The summed E-state index contributed by atoms with van der Waals surface area (Å²) in [6.07, 6.45) is 3.35. The molecular weight excluding hydrogens is 180 g/mol. The third-order valence-electron chi connectivity index (χ3n) is 4.02. The molecule has 1 aliphatic rings. The number of hydrogen-bond donors (Lipinski definition) is 0. The quantitative estimate of drug-likeness (QED) is 0.625. The zero-order valence-electron chi connectivity index (χ0n) is 9.96. The fraction of sp³-hybridized carbons (Fsp3) is 0.467. The normalized spacial score (nSPS) is 27.4. The summed E-state index contributed by atoms with van der Waals surface area (Å²) in [6.45, 7) is 11.0. The Morgan fingerprint density at radius 1 is 1.33 bits per heavy atom. The minimum Gasteiger partial charge on any atom is -0.103 e. The van der Waals surface area contributed by atoms with Gasteiger partial charge in [-0.2, -0.15) is 0 Å². The Bertz CT molecular complexity index is 373. The van der Waals surface area contributed by atoms with E-state index in [0.29, 0.717) is 11.8 Å². The van der Waals surface area contributed by atoms with Gasteiger partial charge in [0.05, 0.1) is 0 Å². The lowest BCUT2D eigenvalue weighted by Crippen LogP contribution is -2.23. The van der Waals surface area contributed by atoms with E-state index in [1.807, 2.05) is 0 Å². The van der Waals surface area contributed by atoms with E-state index in [1.165, 1.54) is 17.5 Å². The highest BCUT2D eigenvalue weighted by Crippen LogP contribution is 2.51. The van der Waals surface area contributed by atoms with Crippen molar-refractivity contribution in [2.24, 2.45) is 5.92 Å². The molecular formula is C15H20. The molecule has 1 aliphatic carbocycles. The standard InChI is InChI=1S/C15H20/c1-5-11-12-9-7-8-10-14(12)15(3,4)13(11)6-2/h6-11,13H,2,5H2,1,3-4H3. The first kappa shape index (κ1) is 10.5. The summed E-state index contributed by atoms with van der Waals surface area (Å²) >= 11 is 0. The van der Waals surface area contributed by atoms with Gasteiger partial charge in [0.15, 0.2) is 0 Å². The van der Waals surface area contributed by atoms with Gasteiger partial charge in [-0.3, -0.25) is 0 Å². The van der Waals surface area contributed by atoms with Crippen molar-refractivity contribution in [1.29, 1.82) is 0 Å². The van der Waals surface area contributed by atoms with Crippen LogP contribution in [0.5, 0.6) is 0 Å². The van der Waals surface area contributed by atoms with Gasteiger partial charge in [-0.25, -0.2) is 0 Å². The lowest BCUT2D eigenvalue weighted by atomic mass is 9.75. The van der Waals surface area contributed by atoms with Crippen molar-refractivity contribution in [3.63, 3.8) is 0 Å². The number of fused-ring (bicyclic) bond motifs is 1. The minimum atomic E-state index is 0.249. The molecule has 0 heteroatoms. The molecule has 0 amide bonds. The Balaban J connectivity index is 2.59. The fourth-order valence-electron chi connectivity index (χ4n) is 3.22. The van der Waals surface area contributed by atoms with Gasteiger partial charge in [-0.05, 0) is 34.8 Å². The Hall–Kier alpha value is -1.04. The molecule has 0 saturated heterocycles. The molecule has 0 heterocycles. The first-order valence-corrected chi connectivity index (χ1v) is 5.84. The van der Waals surface area contributed by atoms with Crippen LogP contribution in [-0.4, -0.2) is 0 Å². The Morgan fingerprint density at radius 3 is 2.60 bits per heavy atom. The van der Waals surface area contributed by atoms with E-state index in [9.17, 15) is 0 Å². The summed E-state index contributed by atoms with van der Waals surface area (Å²) < 4.78 is 0. The smallest absolute Gasteiger partial charge is 0.00322 e. The third kappa shape index (κ3) is 1.35. The highest BCUT2D eigenvalue weighted by Gasteiger charge is 2.43. The van der Waals surface area contributed by atoms with Crippen molar-refractivity contribution in [3.8, 4) is 0 Å². The number of hydrogen-bond acceptors (Lipinski definition) is 0. The van der Waals surface area contributed by atoms with E-state index in [0.717, 1.165) is 0 Å². The van der Waals surface area contributed by atoms with Crippen molar-refractivity contribution >= 4 is 0 Å². The highest BCUT2D eigenvalue weighted by molar-refractivity contribution is 5.44. The predicted octanol–water partition coefficient (Wildman–Crippen LogP) is 4.27. The molecule has 1 aromatic carbocycles. The Kier molecular flexibility index (Phi) is 2.46. The lowest BCUT2D eigenvalue weighted by molar-refractivity contribution is 0.364. The number of allylic oxidation sites excluding steroid dienone is 1. The van der Waals surface area contributed by atoms with E-state index in [2.05, 4.69) is 57.7 Å². The molecule has 15 heavy (non-hydrogen) atoms. The van der Waals surface area contributed by atoms with Crippen LogP contribution in [0.1, 0.15) is 44.2 Å². The SMILES string of the molecule is C=CC1C(CC)c2ccccc2C1(C)C. The summed E-state index contributed by atoms with van der Waals surface area (Å²) in [7, 11) is 0. The Morgan fingerprint density at radius 2 is 2.00 bits per heavy atom. The second-order valence-corrected chi connectivity index (χ2v) is 5.09. The van der Waals surface area contributed by atoms with Crippen molar-refractivity contribution in [2.75, 3.05) is 0 Å². The molecule has 0 aliphatic heterocycles. The number of rotatable bonds is 2. The summed E-state index contributed by atoms with van der Waals surface area (Å²) in [5.74, 6) is 1.24. The van der Waals surface area contributed by atoms with E-state index in [4.69, 9.17) is 0 Å². The fourth-order valence-corrected chi connectivity index (χ4v) is 3.22. The van der Waals surface area contributed by atoms with Crippen LogP contribution in [0, 0.1) is 5.92 Å². The topological polar surface area (TPSA) is 0 Å². The molecule has 0 spiro atoms. The van der Waals surface area contributed by atoms with E-state index >= 15 is 0 Å². The van der Waals surface area contributed by atoms with E-state index in [1.54, 1.807) is 0 Å². The van der Waals surface area contributed by atoms with Gasteiger partial charge in [0, 0.05) is 0 Å². The molecule has 0 aromatic heterocycles. The molecule has 2 unspecified atom stereocenters. The molecule has 0 N–H and O–H groups in total. The van der Waals surface area contributed by atoms with E-state index < -0.39 is 0 Å². The van der Waals surface area contributed by atoms with Crippen LogP contribution in [0.3, 0.4) is 0 Å². The molecule has 2 atom stereocenters. The van der Waals surface area contributed by atoms with Gasteiger partial charge < -0.3 is 0 Å². The first-order chi connectivity index (χ1) is 7.12. The van der Waals surface area contributed by atoms with Gasteiger partial charge in [0.25, 0.3) is 0 Å². The van der Waals surface area contributed by atoms with Gasteiger partial charge in [0.2, 0.25) is 0 Å². The van der Waals surface area contributed by atoms with Crippen LogP contribution in [-0.2, 0) is 5.41 Å². The van der Waals surface area contributed by atoms with Crippen molar-refractivity contribution in [3.05, 3.63) is 48.0 Å². The molecule has 1 aromatic rings. The first-order valence-electron chi connectivity index (χ1n) is 5.84. The molecule has 0 radical (unpaired) electrons. The summed E-state index contributed by atoms with van der Waals surface area (Å²) in [4.78, 5) is 0. The third-order valence-corrected chi connectivity index (χ3v) is 4.02. The predicted molar refractivity (Wildman–Crippen MR) is 66.2 cm³/mol. The average molecular weight is 200 g/mol. The molecule has 0 fully saturated rings. The van der Waals surface area contributed by atoms with Gasteiger partial charge in [0.1, 0.15) is 0 Å². The average Bonchev–Trinajstić information content (AvgIpc) is 2.46. The van der Waals surface area contributed by atoms with Gasteiger partial charge in [-0.15, -0.1) is 6.58 Å². The highest BCUT2D eigenvalue weighted by atomic mass is 14.5. The molecule has 0 saturated carbocycles. The van der Waals surface area contributed by atoms with Gasteiger partial charge in [-0.1, -0.05) is 51.1 Å². The number of benzene rings is 1. The lowest BCUT2D eigenvalue weighted by Gasteiger charge is -2.28. The van der Waals surface area contributed by atoms with Crippen LogP contribution in [0.4, 0.5) is 0 Å². The van der Waals surface area contributed by atoms with Crippen molar-refractivity contribution in [2.45, 2.75) is 38.5 Å². The maximum atomic E-state index is 4.02. The van der Waals surface area contributed by atoms with Crippen LogP contribution < -0.4 is 0 Å². The Labute approximate surface area is 93.0 Å². The summed E-state index contributed by atoms with van der Waals surface area (Å²) in [6, 6.07) is 8.87.